The fraction of sp³-hybridized carbons (Fsp3) is 0.0952. The van der Waals surface area contributed by atoms with Gasteiger partial charge in [-0.05, 0) is 42.0 Å². The maximum atomic E-state index is 6.28. The summed E-state index contributed by atoms with van der Waals surface area (Å²) in [6, 6.07) is 15.3. The molecule has 1 aliphatic heterocycles. The summed E-state index contributed by atoms with van der Waals surface area (Å²) in [6.45, 7) is 0. The maximum absolute atomic E-state index is 6.28. The van der Waals surface area contributed by atoms with Crippen LogP contribution in [-0.2, 0) is 6.42 Å². The first-order valence-corrected chi connectivity index (χ1v) is 10.2. The quantitative estimate of drug-likeness (QED) is 0.447. The molecule has 0 saturated carbocycles. The molecule has 0 radical (unpaired) electrons. The van der Waals surface area contributed by atoms with Gasteiger partial charge in [-0.1, -0.05) is 51.3 Å². The Bertz CT molecular complexity index is 1080. The lowest BCUT2D eigenvalue weighted by atomic mass is 10.0. The van der Waals surface area contributed by atoms with E-state index in [1.165, 1.54) is 0 Å². The molecule has 4 rings (SSSR count). The highest BCUT2D eigenvalue weighted by Gasteiger charge is 2.17. The van der Waals surface area contributed by atoms with E-state index in [0.29, 0.717) is 28.8 Å². The van der Waals surface area contributed by atoms with Gasteiger partial charge in [-0.15, -0.1) is 0 Å². The second kappa shape index (κ2) is 8.43. The Balaban J connectivity index is 1.46. The van der Waals surface area contributed by atoms with Crippen LogP contribution in [0.15, 0.2) is 70.4 Å². The normalized spacial score (nSPS) is 13.2. The maximum Gasteiger partial charge on any atom is 0.227 e. The van der Waals surface area contributed by atoms with Crippen molar-refractivity contribution in [2.24, 2.45) is 4.99 Å². The first kappa shape index (κ1) is 19.1. The average Bonchev–Trinajstić information content (AvgIpc) is 3.14. The topological polar surface area (TPSA) is 50.2 Å². The van der Waals surface area contributed by atoms with Crippen LogP contribution in [0.5, 0.6) is 0 Å². The summed E-state index contributed by atoms with van der Waals surface area (Å²) in [7, 11) is 0. The van der Waals surface area contributed by atoms with E-state index < -0.39 is 0 Å². The molecule has 140 valence electrons. The first-order chi connectivity index (χ1) is 13.6. The summed E-state index contributed by atoms with van der Waals surface area (Å²) in [5, 5.41) is 4.54. The highest BCUT2D eigenvalue weighted by atomic mass is 79.9. The Kier molecular flexibility index (Phi) is 5.76. The van der Waals surface area contributed by atoms with Gasteiger partial charge in [-0.25, -0.2) is 9.97 Å². The number of nitrogens with one attached hydrogen (secondary N) is 1. The van der Waals surface area contributed by atoms with Gasteiger partial charge in [0.2, 0.25) is 5.95 Å². The molecule has 1 N–H and O–H groups in total. The molecule has 0 saturated heterocycles. The van der Waals surface area contributed by atoms with E-state index in [1.54, 1.807) is 6.20 Å². The number of rotatable bonds is 5. The summed E-state index contributed by atoms with van der Waals surface area (Å²) < 4.78 is 0.989. The van der Waals surface area contributed by atoms with Crippen LogP contribution in [0.1, 0.15) is 17.7 Å². The van der Waals surface area contributed by atoms with Crippen LogP contribution in [0.4, 0.5) is 11.6 Å². The number of aromatic nitrogens is 2. The van der Waals surface area contributed by atoms with Crippen LogP contribution in [-0.4, -0.2) is 15.7 Å². The first-order valence-electron chi connectivity index (χ1n) is 8.62. The minimum atomic E-state index is 0.541. The van der Waals surface area contributed by atoms with Gasteiger partial charge in [0, 0.05) is 56.7 Å². The van der Waals surface area contributed by atoms with Gasteiger partial charge >= 0.3 is 0 Å². The molecule has 0 aliphatic carbocycles. The van der Waals surface area contributed by atoms with Gasteiger partial charge in [-0.2, -0.15) is 0 Å². The molecule has 7 heteroatoms. The Morgan fingerprint density at radius 2 is 1.82 bits per heavy atom. The van der Waals surface area contributed by atoms with E-state index in [0.717, 1.165) is 32.7 Å². The highest BCUT2D eigenvalue weighted by Crippen LogP contribution is 2.29. The van der Waals surface area contributed by atoms with E-state index in [-0.39, 0.29) is 0 Å². The van der Waals surface area contributed by atoms with E-state index >= 15 is 0 Å². The van der Waals surface area contributed by atoms with Gasteiger partial charge in [0.15, 0.2) is 0 Å². The molecule has 1 aromatic heterocycles. The standard InChI is InChI=1S/C21H15BrCl2N4/c22-14-3-1-4-15(10-14)27-21-25-8-7-20(28-21)13-9-16(26-12-13)11-17-18(23)5-2-6-19(17)24/h1-8,10,12H,9,11H2,(H,25,27,28). The molecule has 0 amide bonds. The fourth-order valence-electron chi connectivity index (χ4n) is 2.94. The molecule has 0 fully saturated rings. The van der Waals surface area contributed by atoms with Crippen LogP contribution in [0.3, 0.4) is 0 Å². The SMILES string of the molecule is Clc1cccc(Cl)c1CC1=NC=C(c2ccnc(Nc3cccc(Br)c3)n2)C1. The van der Waals surface area contributed by atoms with Crippen molar-refractivity contribution in [2.45, 2.75) is 12.8 Å². The van der Waals surface area contributed by atoms with Crippen molar-refractivity contribution in [3.63, 3.8) is 0 Å². The van der Waals surface area contributed by atoms with E-state index in [2.05, 4.69) is 36.2 Å². The summed E-state index contributed by atoms with van der Waals surface area (Å²) in [5.74, 6) is 0.541. The summed E-state index contributed by atoms with van der Waals surface area (Å²) in [4.78, 5) is 13.5. The molecule has 1 aliphatic rings. The number of hydrogen-bond acceptors (Lipinski definition) is 4. The summed E-state index contributed by atoms with van der Waals surface area (Å²) in [6.07, 6.45) is 4.92. The number of hydrogen-bond donors (Lipinski definition) is 1. The predicted octanol–water partition coefficient (Wildman–Crippen LogP) is 6.72. The van der Waals surface area contributed by atoms with Crippen molar-refractivity contribution in [2.75, 3.05) is 5.32 Å². The summed E-state index contributed by atoms with van der Waals surface area (Å²) >= 11 is 16.0. The number of nitrogens with zero attached hydrogens (tertiary/aromatic N) is 3. The molecule has 2 aromatic carbocycles. The molecule has 0 unspecified atom stereocenters. The second-order valence-electron chi connectivity index (χ2n) is 6.30. The van der Waals surface area contributed by atoms with Crippen molar-refractivity contribution < 1.29 is 0 Å². The monoisotopic (exact) mass is 472 g/mol. The molecule has 0 bridgehead atoms. The molecule has 28 heavy (non-hydrogen) atoms. The predicted molar refractivity (Wildman–Crippen MR) is 120 cm³/mol. The molecule has 0 spiro atoms. The number of aliphatic imine (C=N–C) groups is 1. The zero-order valence-corrected chi connectivity index (χ0v) is 17.8. The Hall–Kier alpha value is -2.21. The van der Waals surface area contributed by atoms with Gasteiger partial charge in [0.1, 0.15) is 0 Å². The van der Waals surface area contributed by atoms with Crippen LogP contribution in [0.2, 0.25) is 10.0 Å². The Labute approximate surface area is 181 Å². The zero-order chi connectivity index (χ0) is 19.5. The van der Waals surface area contributed by atoms with Crippen molar-refractivity contribution in [3.05, 3.63) is 86.7 Å². The van der Waals surface area contributed by atoms with Crippen molar-refractivity contribution >= 4 is 62.1 Å². The van der Waals surface area contributed by atoms with Crippen molar-refractivity contribution in [1.29, 1.82) is 0 Å². The number of benzene rings is 2. The smallest absolute Gasteiger partial charge is 0.227 e. The van der Waals surface area contributed by atoms with Gasteiger partial charge in [0.25, 0.3) is 0 Å². The molecule has 3 aromatic rings. The minimum Gasteiger partial charge on any atom is -0.324 e. The number of anilines is 2. The molecule has 2 heterocycles. The van der Waals surface area contributed by atoms with Gasteiger partial charge in [0.05, 0.1) is 5.69 Å². The average molecular weight is 474 g/mol. The number of halogens is 3. The van der Waals surface area contributed by atoms with Gasteiger partial charge < -0.3 is 5.32 Å². The Morgan fingerprint density at radius 1 is 1.04 bits per heavy atom. The fourth-order valence-corrected chi connectivity index (χ4v) is 3.87. The third-order valence-corrected chi connectivity index (χ3v) is 5.51. The van der Waals surface area contributed by atoms with Crippen molar-refractivity contribution in [1.82, 2.24) is 9.97 Å². The van der Waals surface area contributed by atoms with Crippen molar-refractivity contribution in [3.8, 4) is 0 Å². The van der Waals surface area contributed by atoms with Crippen LogP contribution < -0.4 is 5.32 Å². The van der Waals surface area contributed by atoms with E-state index in [1.807, 2.05) is 54.7 Å². The van der Waals surface area contributed by atoms with Gasteiger partial charge in [-0.3, -0.25) is 4.99 Å². The molecular formula is C21H15BrCl2N4. The third kappa shape index (κ3) is 4.43. The molecule has 4 nitrogen and oxygen atoms in total. The number of allylic oxidation sites excluding steroid dienone is 1. The van der Waals surface area contributed by atoms with E-state index in [4.69, 9.17) is 23.2 Å². The summed E-state index contributed by atoms with van der Waals surface area (Å²) in [5.41, 5.74) is 4.70. The van der Waals surface area contributed by atoms with Crippen LogP contribution in [0.25, 0.3) is 5.57 Å². The van der Waals surface area contributed by atoms with Crippen LogP contribution >= 0.6 is 39.1 Å². The zero-order valence-electron chi connectivity index (χ0n) is 14.7. The lowest BCUT2D eigenvalue weighted by Gasteiger charge is -2.09. The minimum absolute atomic E-state index is 0.541. The lowest BCUT2D eigenvalue weighted by molar-refractivity contribution is 1.13. The van der Waals surface area contributed by atoms with Crippen LogP contribution in [0, 0.1) is 0 Å². The van der Waals surface area contributed by atoms with E-state index in [9.17, 15) is 0 Å². The largest absolute Gasteiger partial charge is 0.324 e. The molecular weight excluding hydrogens is 459 g/mol. The Morgan fingerprint density at radius 3 is 2.61 bits per heavy atom. The molecule has 0 atom stereocenters. The lowest BCUT2D eigenvalue weighted by Crippen LogP contribution is -2.04. The highest BCUT2D eigenvalue weighted by molar-refractivity contribution is 9.10. The second-order valence-corrected chi connectivity index (χ2v) is 8.03. The third-order valence-electron chi connectivity index (χ3n) is 4.31.